The Morgan fingerprint density at radius 1 is 1.47 bits per heavy atom. The van der Waals surface area contributed by atoms with Gasteiger partial charge in [-0.05, 0) is 25.5 Å². The first-order valence-corrected chi connectivity index (χ1v) is 5.15. The first-order valence-electron chi connectivity index (χ1n) is 5.15. The van der Waals surface area contributed by atoms with Gasteiger partial charge in [-0.3, -0.25) is 0 Å². The molecular weight excluding hydrogens is 190 g/mol. The van der Waals surface area contributed by atoms with Gasteiger partial charge in [0.2, 0.25) is 0 Å². The zero-order valence-corrected chi connectivity index (χ0v) is 9.14. The Morgan fingerprint density at radius 3 is 2.53 bits per heavy atom. The molecule has 0 amide bonds. The van der Waals surface area contributed by atoms with Gasteiger partial charge < -0.3 is 15.7 Å². The van der Waals surface area contributed by atoms with Crippen molar-refractivity contribution in [2.75, 3.05) is 18.0 Å². The lowest BCUT2D eigenvalue weighted by molar-refractivity contribution is 0.141. The van der Waals surface area contributed by atoms with Crippen LogP contribution in [-0.2, 0) is 5.54 Å². The summed E-state index contributed by atoms with van der Waals surface area (Å²) in [5.74, 6) is 0.910. The summed E-state index contributed by atoms with van der Waals surface area (Å²) in [7, 11) is 0. The lowest BCUT2D eigenvalue weighted by atomic mass is 9.97. The number of hydrogen-bond acceptors (Lipinski definition) is 4. The first-order chi connectivity index (χ1) is 6.97. The van der Waals surface area contributed by atoms with Crippen molar-refractivity contribution in [2.45, 2.75) is 25.5 Å². The molecule has 0 bridgehead atoms. The average Bonchev–Trinajstić information content (AvgIpc) is 2.12. The van der Waals surface area contributed by atoms with E-state index in [9.17, 15) is 5.11 Å². The van der Waals surface area contributed by atoms with Crippen LogP contribution in [0.1, 0.15) is 19.4 Å². The molecule has 82 valence electrons. The van der Waals surface area contributed by atoms with Gasteiger partial charge in [0.25, 0.3) is 0 Å². The molecule has 0 aromatic carbocycles. The maximum absolute atomic E-state index is 9.17. The highest BCUT2D eigenvalue weighted by Gasteiger charge is 2.25. The van der Waals surface area contributed by atoms with Crippen LogP contribution in [-0.4, -0.2) is 29.3 Å². The first kappa shape index (κ1) is 10.4. The summed E-state index contributed by atoms with van der Waals surface area (Å²) in [6.07, 6.45) is 1.61. The van der Waals surface area contributed by atoms with Crippen molar-refractivity contribution in [3.8, 4) is 0 Å². The summed E-state index contributed by atoms with van der Waals surface area (Å²) in [6.45, 7) is 5.27. The van der Waals surface area contributed by atoms with E-state index in [1.807, 2.05) is 30.9 Å². The average molecular weight is 207 g/mol. The molecule has 1 fully saturated rings. The molecule has 0 radical (unpaired) electrons. The number of rotatable bonds is 2. The van der Waals surface area contributed by atoms with E-state index in [1.165, 1.54) is 0 Å². The second-order valence-electron chi connectivity index (χ2n) is 4.69. The van der Waals surface area contributed by atoms with Crippen LogP contribution in [0.15, 0.2) is 18.3 Å². The number of β-amino-alcohol motifs (C(OH)–C–C–N with tert-alkyl or cyclic N) is 1. The summed E-state index contributed by atoms with van der Waals surface area (Å²) in [6, 6.07) is 3.95. The van der Waals surface area contributed by atoms with Gasteiger partial charge in [-0.15, -0.1) is 0 Å². The lowest BCUT2D eigenvalue weighted by Gasteiger charge is -2.37. The van der Waals surface area contributed by atoms with Crippen molar-refractivity contribution in [3.63, 3.8) is 0 Å². The fraction of sp³-hybridized carbons (Fsp3) is 0.545. The Morgan fingerprint density at radius 2 is 2.13 bits per heavy atom. The van der Waals surface area contributed by atoms with E-state index < -0.39 is 0 Å². The van der Waals surface area contributed by atoms with Crippen molar-refractivity contribution in [3.05, 3.63) is 23.9 Å². The van der Waals surface area contributed by atoms with E-state index in [2.05, 4.69) is 4.98 Å². The van der Waals surface area contributed by atoms with Crippen LogP contribution in [0.25, 0.3) is 0 Å². The molecule has 1 saturated heterocycles. The van der Waals surface area contributed by atoms with Crippen LogP contribution in [0.3, 0.4) is 0 Å². The Labute approximate surface area is 89.7 Å². The van der Waals surface area contributed by atoms with Gasteiger partial charge in [-0.25, -0.2) is 4.98 Å². The quantitative estimate of drug-likeness (QED) is 0.739. The third kappa shape index (κ3) is 2.11. The summed E-state index contributed by atoms with van der Waals surface area (Å²) in [4.78, 5) is 6.38. The number of hydrogen-bond donors (Lipinski definition) is 2. The van der Waals surface area contributed by atoms with Crippen molar-refractivity contribution >= 4 is 5.82 Å². The van der Waals surface area contributed by atoms with E-state index in [4.69, 9.17) is 5.73 Å². The minimum absolute atomic E-state index is 0.197. The number of anilines is 1. The second kappa shape index (κ2) is 3.47. The third-order valence-electron chi connectivity index (χ3n) is 2.68. The maximum Gasteiger partial charge on any atom is 0.128 e. The minimum Gasteiger partial charge on any atom is -0.389 e. The number of pyridine rings is 1. The fourth-order valence-electron chi connectivity index (χ4n) is 1.60. The minimum atomic E-state index is -0.347. The largest absolute Gasteiger partial charge is 0.389 e. The fourth-order valence-corrected chi connectivity index (χ4v) is 1.60. The summed E-state index contributed by atoms with van der Waals surface area (Å²) < 4.78 is 0. The van der Waals surface area contributed by atoms with Crippen LogP contribution in [0, 0.1) is 0 Å². The molecule has 3 N–H and O–H groups in total. The van der Waals surface area contributed by atoms with Crippen molar-refractivity contribution < 1.29 is 5.11 Å². The maximum atomic E-state index is 9.17. The molecule has 1 aliphatic heterocycles. The van der Waals surface area contributed by atoms with E-state index in [0.29, 0.717) is 13.1 Å². The highest BCUT2D eigenvalue weighted by Crippen LogP contribution is 2.21. The van der Waals surface area contributed by atoms with Crippen LogP contribution in [0.4, 0.5) is 5.82 Å². The Kier molecular flexibility index (Phi) is 2.40. The van der Waals surface area contributed by atoms with E-state index in [0.717, 1.165) is 11.4 Å². The molecule has 15 heavy (non-hydrogen) atoms. The van der Waals surface area contributed by atoms with Gasteiger partial charge in [0.15, 0.2) is 0 Å². The van der Waals surface area contributed by atoms with Crippen molar-refractivity contribution in [2.24, 2.45) is 5.73 Å². The summed E-state index contributed by atoms with van der Waals surface area (Å²) in [5.41, 5.74) is 6.63. The number of nitrogens with zero attached hydrogens (tertiary/aromatic N) is 2. The number of aromatic nitrogens is 1. The molecule has 2 rings (SSSR count). The lowest BCUT2D eigenvalue weighted by Crippen LogP contribution is -2.51. The van der Waals surface area contributed by atoms with Crippen molar-refractivity contribution in [1.82, 2.24) is 4.98 Å². The number of nitrogens with two attached hydrogens (primary N) is 1. The van der Waals surface area contributed by atoms with Gasteiger partial charge in [-0.1, -0.05) is 6.07 Å². The van der Waals surface area contributed by atoms with Gasteiger partial charge >= 0.3 is 0 Å². The molecule has 1 aliphatic rings. The monoisotopic (exact) mass is 207 g/mol. The highest BCUT2D eigenvalue weighted by molar-refractivity contribution is 5.43. The third-order valence-corrected chi connectivity index (χ3v) is 2.68. The highest BCUT2D eigenvalue weighted by atomic mass is 16.3. The van der Waals surface area contributed by atoms with Gasteiger partial charge in [0.1, 0.15) is 5.82 Å². The van der Waals surface area contributed by atoms with E-state index in [-0.39, 0.29) is 11.6 Å². The normalized spacial score (nSPS) is 17.7. The van der Waals surface area contributed by atoms with Gasteiger partial charge in [0.05, 0.1) is 6.10 Å². The van der Waals surface area contributed by atoms with Gasteiger partial charge in [0, 0.05) is 24.8 Å². The molecule has 0 spiro atoms. The van der Waals surface area contributed by atoms with Crippen LogP contribution in [0.5, 0.6) is 0 Å². The van der Waals surface area contributed by atoms with Crippen LogP contribution in [0.2, 0.25) is 0 Å². The Bertz CT molecular complexity index is 336. The number of aliphatic hydroxyl groups is 1. The van der Waals surface area contributed by atoms with Crippen LogP contribution < -0.4 is 10.6 Å². The van der Waals surface area contributed by atoms with Crippen molar-refractivity contribution in [1.29, 1.82) is 0 Å². The SMILES string of the molecule is CC(C)(N)c1ccc(N2CC(O)C2)nc1. The molecule has 4 heteroatoms. The summed E-state index contributed by atoms with van der Waals surface area (Å²) >= 11 is 0. The molecule has 1 aromatic rings. The number of aliphatic hydroxyl groups excluding tert-OH is 1. The Balaban J connectivity index is 2.11. The molecule has 0 atom stereocenters. The molecule has 2 heterocycles. The molecule has 0 aliphatic carbocycles. The smallest absolute Gasteiger partial charge is 0.128 e. The molecule has 1 aromatic heterocycles. The van der Waals surface area contributed by atoms with E-state index in [1.54, 1.807) is 6.20 Å². The van der Waals surface area contributed by atoms with Crippen LogP contribution >= 0.6 is 0 Å². The second-order valence-corrected chi connectivity index (χ2v) is 4.69. The zero-order valence-electron chi connectivity index (χ0n) is 9.14. The standard InChI is InChI=1S/C11H17N3O/c1-11(2,12)8-3-4-10(13-5-8)14-6-9(15)7-14/h3-5,9,15H,6-7,12H2,1-2H3. The Hall–Kier alpha value is -1.13. The predicted molar refractivity (Wildman–Crippen MR) is 59.7 cm³/mol. The molecule has 0 saturated carbocycles. The van der Waals surface area contributed by atoms with E-state index >= 15 is 0 Å². The molecular formula is C11H17N3O. The topological polar surface area (TPSA) is 62.4 Å². The predicted octanol–water partition coefficient (Wildman–Crippen LogP) is 0.456. The zero-order chi connectivity index (χ0) is 11.1. The van der Waals surface area contributed by atoms with Gasteiger partial charge in [-0.2, -0.15) is 0 Å². The summed E-state index contributed by atoms with van der Waals surface area (Å²) in [5, 5.41) is 9.17. The molecule has 0 unspecified atom stereocenters. The molecule has 4 nitrogen and oxygen atoms in total.